The molecule has 30 heavy (non-hydrogen) atoms. The summed E-state index contributed by atoms with van der Waals surface area (Å²) in [5, 5.41) is 7.10. The van der Waals surface area contributed by atoms with Crippen LogP contribution in [0.25, 0.3) is 11.1 Å². The molecule has 2 heterocycles. The van der Waals surface area contributed by atoms with E-state index in [0.29, 0.717) is 17.1 Å². The molecule has 5 nitrogen and oxygen atoms in total. The van der Waals surface area contributed by atoms with E-state index < -0.39 is 11.6 Å². The van der Waals surface area contributed by atoms with Crippen LogP contribution in [0.5, 0.6) is 11.5 Å². The zero-order valence-electron chi connectivity index (χ0n) is 17.1. The Hall–Kier alpha value is -2.93. The van der Waals surface area contributed by atoms with Crippen LogP contribution >= 0.6 is 0 Å². The first-order valence-electron chi connectivity index (χ1n) is 10.0. The van der Waals surface area contributed by atoms with Crippen LogP contribution in [0, 0.1) is 11.6 Å². The second-order valence-corrected chi connectivity index (χ2v) is 7.56. The van der Waals surface area contributed by atoms with Gasteiger partial charge in [0.25, 0.3) is 0 Å². The van der Waals surface area contributed by atoms with Gasteiger partial charge < -0.3 is 9.47 Å². The topological polar surface area (TPSA) is 50.4 Å². The number of nitrogens with one attached hydrogen (secondary N) is 1. The van der Waals surface area contributed by atoms with Crippen molar-refractivity contribution in [2.75, 3.05) is 27.3 Å². The molecule has 4 rings (SSSR count). The summed E-state index contributed by atoms with van der Waals surface area (Å²) < 4.78 is 39.4. The summed E-state index contributed by atoms with van der Waals surface area (Å²) in [4.78, 5) is 2.34. The summed E-state index contributed by atoms with van der Waals surface area (Å²) in [6.45, 7) is 2.50. The van der Waals surface area contributed by atoms with Crippen LogP contribution in [0.2, 0.25) is 0 Å². The molecule has 0 radical (unpaired) electrons. The molecule has 1 saturated heterocycles. The Morgan fingerprint density at radius 1 is 1.10 bits per heavy atom. The molecule has 0 spiro atoms. The molecule has 1 aliphatic rings. The van der Waals surface area contributed by atoms with E-state index in [9.17, 15) is 8.78 Å². The minimum absolute atomic E-state index is 0.0155. The molecular formula is C23H25F2N3O2. The van der Waals surface area contributed by atoms with Gasteiger partial charge in [-0.05, 0) is 49.2 Å². The van der Waals surface area contributed by atoms with Crippen LogP contribution in [0.1, 0.15) is 30.0 Å². The van der Waals surface area contributed by atoms with Gasteiger partial charge in [0, 0.05) is 30.3 Å². The summed E-state index contributed by atoms with van der Waals surface area (Å²) in [5.74, 6) is 0.378. The highest BCUT2D eigenvalue weighted by atomic mass is 19.1. The third-order valence-corrected chi connectivity index (χ3v) is 5.67. The quantitative estimate of drug-likeness (QED) is 0.634. The van der Waals surface area contributed by atoms with Gasteiger partial charge in [0.2, 0.25) is 0 Å². The molecule has 1 aliphatic heterocycles. The first kappa shape index (κ1) is 20.3. The second kappa shape index (κ2) is 8.83. The molecule has 7 heteroatoms. The van der Waals surface area contributed by atoms with Gasteiger partial charge in [0.05, 0.1) is 26.0 Å². The van der Waals surface area contributed by atoms with Crippen molar-refractivity contribution in [2.45, 2.75) is 25.3 Å². The molecule has 0 unspecified atom stereocenters. The fourth-order valence-corrected chi connectivity index (χ4v) is 4.23. The average molecular weight is 413 g/mol. The number of likely N-dealkylation sites (tertiary alicyclic amines) is 1. The van der Waals surface area contributed by atoms with Crippen LogP contribution < -0.4 is 9.47 Å². The normalized spacial score (nSPS) is 17.1. The minimum Gasteiger partial charge on any atom is -0.493 e. The van der Waals surface area contributed by atoms with Crippen molar-refractivity contribution in [3.05, 3.63) is 65.5 Å². The van der Waals surface area contributed by atoms with Gasteiger partial charge in [-0.15, -0.1) is 0 Å². The van der Waals surface area contributed by atoms with E-state index in [1.165, 1.54) is 24.4 Å². The van der Waals surface area contributed by atoms with Crippen LogP contribution in [-0.4, -0.2) is 42.4 Å². The van der Waals surface area contributed by atoms with E-state index in [4.69, 9.17) is 9.47 Å². The lowest BCUT2D eigenvalue weighted by Gasteiger charge is -2.32. The second-order valence-electron chi connectivity index (χ2n) is 7.56. The molecule has 1 atom stereocenters. The van der Waals surface area contributed by atoms with Crippen LogP contribution in [0.15, 0.2) is 42.6 Å². The maximum atomic E-state index is 14.3. The van der Waals surface area contributed by atoms with Gasteiger partial charge in [-0.25, -0.2) is 8.78 Å². The van der Waals surface area contributed by atoms with Crippen LogP contribution in [0.3, 0.4) is 0 Å². The maximum Gasteiger partial charge on any atom is 0.161 e. The van der Waals surface area contributed by atoms with E-state index in [1.807, 2.05) is 18.2 Å². The summed E-state index contributed by atoms with van der Waals surface area (Å²) >= 11 is 0. The number of rotatable bonds is 6. The van der Waals surface area contributed by atoms with E-state index >= 15 is 0 Å². The fraction of sp³-hybridized carbons (Fsp3) is 0.348. The molecule has 1 fully saturated rings. The lowest BCUT2D eigenvalue weighted by Crippen LogP contribution is -2.34. The van der Waals surface area contributed by atoms with Crippen molar-refractivity contribution < 1.29 is 18.3 Å². The summed E-state index contributed by atoms with van der Waals surface area (Å²) in [7, 11) is 3.24. The SMILES string of the molecule is COc1ccc(CN2CCC[C@H](c3[nH]ncc3-c3c(F)cccc3F)C2)cc1OC. The van der Waals surface area contributed by atoms with Crippen molar-refractivity contribution >= 4 is 0 Å². The zero-order valence-corrected chi connectivity index (χ0v) is 17.1. The van der Waals surface area contributed by atoms with E-state index in [0.717, 1.165) is 43.7 Å². The number of ether oxygens (including phenoxy) is 2. The number of H-pyrrole nitrogens is 1. The number of nitrogens with zero attached hydrogens (tertiary/aromatic N) is 2. The lowest BCUT2D eigenvalue weighted by molar-refractivity contribution is 0.198. The minimum atomic E-state index is -0.573. The number of aromatic nitrogens is 2. The monoisotopic (exact) mass is 413 g/mol. The first-order chi connectivity index (χ1) is 14.6. The molecule has 3 aromatic rings. The Bertz CT molecular complexity index is 1000. The molecule has 2 aromatic carbocycles. The third kappa shape index (κ3) is 4.03. The highest BCUT2D eigenvalue weighted by Crippen LogP contribution is 2.36. The van der Waals surface area contributed by atoms with Gasteiger partial charge >= 0.3 is 0 Å². The molecule has 0 aliphatic carbocycles. The maximum absolute atomic E-state index is 14.3. The highest BCUT2D eigenvalue weighted by molar-refractivity contribution is 5.67. The smallest absolute Gasteiger partial charge is 0.161 e. The number of benzene rings is 2. The van der Waals surface area contributed by atoms with E-state index in [2.05, 4.69) is 15.1 Å². The first-order valence-corrected chi connectivity index (χ1v) is 10.0. The van der Waals surface area contributed by atoms with Crippen molar-refractivity contribution in [2.24, 2.45) is 0 Å². The van der Waals surface area contributed by atoms with Gasteiger partial charge in [0.1, 0.15) is 11.6 Å². The zero-order chi connectivity index (χ0) is 21.1. The Labute approximate surface area is 174 Å². The largest absolute Gasteiger partial charge is 0.493 e. The number of aromatic amines is 1. The number of hydrogen-bond donors (Lipinski definition) is 1. The molecule has 0 saturated carbocycles. The Morgan fingerprint density at radius 3 is 2.60 bits per heavy atom. The van der Waals surface area contributed by atoms with Crippen molar-refractivity contribution in [3.63, 3.8) is 0 Å². The Kier molecular flexibility index (Phi) is 5.99. The summed E-state index contributed by atoms with van der Waals surface area (Å²) in [6, 6.07) is 9.85. The van der Waals surface area contributed by atoms with Crippen LogP contribution in [-0.2, 0) is 6.54 Å². The Balaban J connectivity index is 1.54. The molecule has 0 amide bonds. The predicted molar refractivity (Wildman–Crippen MR) is 111 cm³/mol. The Morgan fingerprint density at radius 2 is 1.87 bits per heavy atom. The highest BCUT2D eigenvalue weighted by Gasteiger charge is 2.27. The van der Waals surface area contributed by atoms with E-state index in [-0.39, 0.29) is 11.5 Å². The fourth-order valence-electron chi connectivity index (χ4n) is 4.23. The standard InChI is InChI=1S/C23H25F2N3O2/c1-29-20-9-8-15(11-21(20)30-2)13-28-10-4-5-16(14-28)23-17(12-26-27-23)22-18(24)6-3-7-19(22)25/h3,6-9,11-12,16H,4-5,10,13-14H2,1-2H3,(H,26,27)/t16-/m0/s1. The van der Waals surface area contributed by atoms with Crippen molar-refractivity contribution in [1.29, 1.82) is 0 Å². The van der Waals surface area contributed by atoms with Crippen molar-refractivity contribution in [3.8, 4) is 22.6 Å². The molecule has 0 bridgehead atoms. The number of hydrogen-bond acceptors (Lipinski definition) is 4. The molecule has 158 valence electrons. The third-order valence-electron chi connectivity index (χ3n) is 5.67. The molecule has 1 aromatic heterocycles. The summed E-state index contributed by atoms with van der Waals surface area (Å²) in [5.41, 5.74) is 2.40. The average Bonchev–Trinajstić information content (AvgIpc) is 3.23. The van der Waals surface area contributed by atoms with Gasteiger partial charge in [-0.3, -0.25) is 10.00 Å². The molecular weight excluding hydrogens is 388 g/mol. The predicted octanol–water partition coefficient (Wildman–Crippen LogP) is 4.75. The van der Waals surface area contributed by atoms with Gasteiger partial charge in [0.15, 0.2) is 11.5 Å². The molecule has 1 N–H and O–H groups in total. The lowest BCUT2D eigenvalue weighted by atomic mass is 9.90. The van der Waals surface area contributed by atoms with Crippen molar-refractivity contribution in [1.82, 2.24) is 15.1 Å². The number of methoxy groups -OCH3 is 2. The van der Waals surface area contributed by atoms with Crippen LogP contribution in [0.4, 0.5) is 8.78 Å². The van der Waals surface area contributed by atoms with Gasteiger partial charge in [-0.1, -0.05) is 12.1 Å². The summed E-state index contributed by atoms with van der Waals surface area (Å²) in [6.07, 6.45) is 3.45. The number of piperidine rings is 1. The van der Waals surface area contributed by atoms with Gasteiger partial charge in [-0.2, -0.15) is 5.10 Å². The van der Waals surface area contributed by atoms with E-state index in [1.54, 1.807) is 14.2 Å². The number of halogens is 2.